The number of hydrogen-bond acceptors (Lipinski definition) is 5. The van der Waals surface area contributed by atoms with Crippen molar-refractivity contribution < 1.29 is 13.2 Å². The van der Waals surface area contributed by atoms with E-state index in [1.807, 2.05) is 13.0 Å². The van der Waals surface area contributed by atoms with Crippen LogP contribution in [0.15, 0.2) is 18.5 Å². The van der Waals surface area contributed by atoms with Crippen molar-refractivity contribution in [2.24, 2.45) is 0 Å². The number of ether oxygens (including phenoxy) is 1. The third-order valence-electron chi connectivity index (χ3n) is 2.87. The number of methoxy groups -OCH3 is 1. The molecule has 5 nitrogen and oxygen atoms in total. The maximum Gasteiger partial charge on any atom is 0.147 e. The summed E-state index contributed by atoms with van der Waals surface area (Å²) < 4.78 is 27.6. The molecule has 0 saturated carbocycles. The van der Waals surface area contributed by atoms with Crippen LogP contribution in [0.3, 0.4) is 0 Å². The summed E-state index contributed by atoms with van der Waals surface area (Å²) in [6, 6.07) is 2.00. The normalized spacial score (nSPS) is 13.2. The molecule has 6 heteroatoms. The first-order valence-corrected chi connectivity index (χ1v) is 8.43. The molecular weight excluding hydrogens is 264 g/mol. The summed E-state index contributed by atoms with van der Waals surface area (Å²) in [4.78, 5) is 4.03. The number of sulfone groups is 1. The Morgan fingerprint density at radius 3 is 2.79 bits per heavy atom. The van der Waals surface area contributed by atoms with Gasteiger partial charge < -0.3 is 10.1 Å². The van der Waals surface area contributed by atoms with E-state index in [9.17, 15) is 8.42 Å². The predicted molar refractivity (Wildman–Crippen MR) is 76.2 cm³/mol. The molecule has 0 aromatic carbocycles. The molecule has 19 heavy (non-hydrogen) atoms. The minimum atomic E-state index is -2.90. The summed E-state index contributed by atoms with van der Waals surface area (Å²) in [7, 11) is -1.29. The number of aromatic nitrogens is 1. The Kier molecular flexibility index (Phi) is 6.24. The van der Waals surface area contributed by atoms with Crippen LogP contribution in [-0.2, 0) is 9.84 Å². The molecule has 0 radical (unpaired) electrons. The van der Waals surface area contributed by atoms with Gasteiger partial charge in [0.05, 0.1) is 13.3 Å². The number of rotatable bonds is 8. The fraction of sp³-hybridized carbons (Fsp3) is 0.615. The van der Waals surface area contributed by atoms with Crippen LogP contribution in [0, 0.1) is 0 Å². The van der Waals surface area contributed by atoms with Gasteiger partial charge in [0.1, 0.15) is 15.6 Å². The smallest absolute Gasteiger partial charge is 0.147 e. The van der Waals surface area contributed by atoms with Crippen LogP contribution in [0.4, 0.5) is 0 Å². The van der Waals surface area contributed by atoms with Crippen LogP contribution in [0.2, 0.25) is 0 Å². The van der Waals surface area contributed by atoms with Crippen molar-refractivity contribution in [1.82, 2.24) is 10.3 Å². The topological polar surface area (TPSA) is 68.3 Å². The van der Waals surface area contributed by atoms with Crippen molar-refractivity contribution >= 4 is 9.84 Å². The maximum atomic E-state index is 11.2. The standard InChI is InChI=1S/C13H22N2O3S/c1-4-15-12(6-5-9-19(3,16)17)11-7-8-14-10-13(11)18-2/h7-8,10,12,15H,4-6,9H2,1-3H3. The van der Waals surface area contributed by atoms with Gasteiger partial charge in [-0.25, -0.2) is 8.42 Å². The van der Waals surface area contributed by atoms with Gasteiger partial charge in [0.2, 0.25) is 0 Å². The lowest BCUT2D eigenvalue weighted by atomic mass is 10.0. The summed E-state index contributed by atoms with van der Waals surface area (Å²) in [5, 5.41) is 3.36. The van der Waals surface area contributed by atoms with Gasteiger partial charge in [0.15, 0.2) is 0 Å². The number of nitrogens with one attached hydrogen (secondary N) is 1. The lowest BCUT2D eigenvalue weighted by Crippen LogP contribution is -2.22. The van der Waals surface area contributed by atoms with E-state index in [0.717, 1.165) is 24.3 Å². The third kappa shape index (κ3) is 5.57. The molecule has 0 aliphatic carbocycles. The van der Waals surface area contributed by atoms with Crippen LogP contribution in [0.25, 0.3) is 0 Å². The molecule has 1 rings (SSSR count). The molecule has 1 atom stereocenters. The molecule has 0 amide bonds. The highest BCUT2D eigenvalue weighted by atomic mass is 32.2. The monoisotopic (exact) mass is 286 g/mol. The molecule has 0 aliphatic heterocycles. The molecule has 1 aromatic heterocycles. The van der Waals surface area contributed by atoms with Gasteiger partial charge in [-0.1, -0.05) is 6.92 Å². The lowest BCUT2D eigenvalue weighted by molar-refractivity contribution is 0.393. The van der Waals surface area contributed by atoms with Crippen LogP contribution in [0.1, 0.15) is 31.4 Å². The molecular formula is C13H22N2O3S. The van der Waals surface area contributed by atoms with E-state index in [4.69, 9.17) is 4.74 Å². The summed E-state index contributed by atoms with van der Waals surface area (Å²) in [6.45, 7) is 2.84. The Hall–Kier alpha value is -1.14. The summed E-state index contributed by atoms with van der Waals surface area (Å²) >= 11 is 0. The van der Waals surface area contributed by atoms with E-state index < -0.39 is 9.84 Å². The van der Waals surface area contributed by atoms with Crippen LogP contribution in [0.5, 0.6) is 5.75 Å². The molecule has 1 aromatic rings. The molecule has 0 fully saturated rings. The largest absolute Gasteiger partial charge is 0.495 e. The molecule has 0 bridgehead atoms. The van der Waals surface area contributed by atoms with Gasteiger partial charge in [-0.05, 0) is 25.5 Å². The summed E-state index contributed by atoms with van der Waals surface area (Å²) in [5.41, 5.74) is 1.02. The Labute approximate surface area is 115 Å². The maximum absolute atomic E-state index is 11.2. The first kappa shape index (κ1) is 15.9. The Morgan fingerprint density at radius 2 is 2.21 bits per heavy atom. The first-order chi connectivity index (χ1) is 8.98. The highest BCUT2D eigenvalue weighted by Gasteiger charge is 2.15. The fourth-order valence-electron chi connectivity index (χ4n) is 2.01. The van der Waals surface area contributed by atoms with Gasteiger partial charge in [-0.15, -0.1) is 0 Å². The molecule has 0 saturated heterocycles. The summed E-state index contributed by atoms with van der Waals surface area (Å²) in [6.07, 6.45) is 6.04. The van der Waals surface area contributed by atoms with E-state index in [0.29, 0.717) is 6.42 Å². The quantitative estimate of drug-likeness (QED) is 0.785. The molecule has 108 valence electrons. The average Bonchev–Trinajstić information content (AvgIpc) is 2.36. The third-order valence-corrected chi connectivity index (χ3v) is 3.90. The zero-order chi connectivity index (χ0) is 14.3. The lowest BCUT2D eigenvalue weighted by Gasteiger charge is -2.20. The number of pyridine rings is 1. The molecule has 0 spiro atoms. The molecule has 1 heterocycles. The van der Waals surface area contributed by atoms with Crippen molar-refractivity contribution in [2.45, 2.75) is 25.8 Å². The van der Waals surface area contributed by atoms with Gasteiger partial charge in [0, 0.05) is 29.8 Å². The SMILES string of the molecule is CCNC(CCCS(C)(=O)=O)c1ccncc1OC. The second-order valence-electron chi connectivity index (χ2n) is 4.50. The highest BCUT2D eigenvalue weighted by Crippen LogP contribution is 2.27. The van der Waals surface area contributed by atoms with Gasteiger partial charge in [-0.2, -0.15) is 0 Å². The van der Waals surface area contributed by atoms with E-state index in [2.05, 4.69) is 10.3 Å². The minimum Gasteiger partial charge on any atom is -0.495 e. The van der Waals surface area contributed by atoms with Gasteiger partial charge in [0.25, 0.3) is 0 Å². The zero-order valence-corrected chi connectivity index (χ0v) is 12.5. The number of nitrogens with zero attached hydrogens (tertiary/aromatic N) is 1. The van der Waals surface area contributed by atoms with E-state index in [1.165, 1.54) is 6.26 Å². The summed E-state index contributed by atoms with van der Waals surface area (Å²) in [5.74, 6) is 0.940. The first-order valence-electron chi connectivity index (χ1n) is 6.37. The Morgan fingerprint density at radius 1 is 1.47 bits per heavy atom. The van der Waals surface area contributed by atoms with Crippen molar-refractivity contribution in [3.8, 4) is 5.75 Å². The Bertz CT molecular complexity index is 488. The predicted octanol–water partition coefficient (Wildman–Crippen LogP) is 1.57. The minimum absolute atomic E-state index is 0.0877. The Balaban J connectivity index is 2.76. The van der Waals surface area contributed by atoms with Crippen molar-refractivity contribution in [3.63, 3.8) is 0 Å². The second-order valence-corrected chi connectivity index (χ2v) is 6.76. The number of hydrogen-bond donors (Lipinski definition) is 1. The van der Waals surface area contributed by atoms with Crippen molar-refractivity contribution in [2.75, 3.05) is 25.7 Å². The fourth-order valence-corrected chi connectivity index (χ4v) is 2.70. The van der Waals surface area contributed by atoms with E-state index >= 15 is 0 Å². The average molecular weight is 286 g/mol. The molecule has 0 aliphatic rings. The van der Waals surface area contributed by atoms with Crippen molar-refractivity contribution in [3.05, 3.63) is 24.0 Å². The molecule has 1 unspecified atom stereocenters. The van der Waals surface area contributed by atoms with Crippen LogP contribution < -0.4 is 10.1 Å². The van der Waals surface area contributed by atoms with Crippen LogP contribution in [-0.4, -0.2) is 39.1 Å². The van der Waals surface area contributed by atoms with E-state index in [-0.39, 0.29) is 11.8 Å². The van der Waals surface area contributed by atoms with Gasteiger partial charge in [-0.3, -0.25) is 4.98 Å². The van der Waals surface area contributed by atoms with Crippen LogP contribution >= 0.6 is 0 Å². The second kappa shape index (κ2) is 7.45. The van der Waals surface area contributed by atoms with Gasteiger partial charge >= 0.3 is 0 Å². The zero-order valence-electron chi connectivity index (χ0n) is 11.7. The van der Waals surface area contributed by atoms with Crippen molar-refractivity contribution in [1.29, 1.82) is 0 Å². The highest BCUT2D eigenvalue weighted by molar-refractivity contribution is 7.90. The molecule has 1 N–H and O–H groups in total. The van der Waals surface area contributed by atoms with E-state index in [1.54, 1.807) is 19.5 Å².